The molecule has 0 atom stereocenters. The lowest BCUT2D eigenvalue weighted by molar-refractivity contribution is -0.385. The molecule has 1 amide bonds. The zero-order chi connectivity index (χ0) is 13.8. The lowest BCUT2D eigenvalue weighted by Crippen LogP contribution is -2.12. The summed E-state index contributed by atoms with van der Waals surface area (Å²) in [5.41, 5.74) is 1.39. The van der Waals surface area contributed by atoms with Crippen LogP contribution in [0, 0.1) is 17.0 Å². The lowest BCUT2D eigenvalue weighted by Gasteiger charge is -2.05. The van der Waals surface area contributed by atoms with Crippen molar-refractivity contribution in [2.45, 2.75) is 6.92 Å². The van der Waals surface area contributed by atoms with Crippen LogP contribution in [-0.2, 0) is 0 Å². The largest absolute Gasteiger partial charge is 0.322 e. The van der Waals surface area contributed by atoms with Crippen molar-refractivity contribution < 1.29 is 9.72 Å². The maximum atomic E-state index is 12.0. The third-order valence-electron chi connectivity index (χ3n) is 2.70. The SMILES string of the molecule is Cc1ccc(C(=O)Nc2ccccc2)cc1[N+](=O)[O-]. The molecule has 0 aliphatic carbocycles. The van der Waals surface area contributed by atoms with E-state index in [1.807, 2.05) is 6.07 Å². The number of amides is 1. The molecule has 0 saturated carbocycles. The fourth-order valence-electron chi connectivity index (χ4n) is 1.67. The van der Waals surface area contributed by atoms with Crippen LogP contribution in [0.2, 0.25) is 0 Å². The highest BCUT2D eigenvalue weighted by molar-refractivity contribution is 6.04. The zero-order valence-electron chi connectivity index (χ0n) is 10.3. The highest BCUT2D eigenvalue weighted by Crippen LogP contribution is 2.20. The fraction of sp³-hybridized carbons (Fsp3) is 0.0714. The first-order chi connectivity index (χ1) is 9.08. The van der Waals surface area contributed by atoms with E-state index in [1.165, 1.54) is 6.07 Å². The van der Waals surface area contributed by atoms with Gasteiger partial charge in [-0.1, -0.05) is 24.3 Å². The van der Waals surface area contributed by atoms with Crippen LogP contribution < -0.4 is 5.32 Å². The van der Waals surface area contributed by atoms with Crippen molar-refractivity contribution in [1.82, 2.24) is 0 Å². The Labute approximate surface area is 110 Å². The minimum atomic E-state index is -0.491. The van der Waals surface area contributed by atoms with Gasteiger partial charge in [0.15, 0.2) is 0 Å². The number of nitrogens with zero attached hydrogens (tertiary/aromatic N) is 1. The molecular formula is C14H12N2O3. The predicted molar refractivity (Wildman–Crippen MR) is 72.2 cm³/mol. The average Bonchev–Trinajstić information content (AvgIpc) is 2.40. The number of carbonyl (C=O) groups is 1. The molecule has 0 bridgehead atoms. The molecule has 0 spiro atoms. The van der Waals surface area contributed by atoms with Crippen molar-refractivity contribution >= 4 is 17.3 Å². The second-order valence-corrected chi connectivity index (χ2v) is 4.08. The van der Waals surface area contributed by atoms with E-state index in [-0.39, 0.29) is 17.2 Å². The number of nitro benzene ring substituents is 1. The molecular weight excluding hydrogens is 244 g/mol. The van der Waals surface area contributed by atoms with Crippen LogP contribution in [0.3, 0.4) is 0 Å². The van der Waals surface area contributed by atoms with Gasteiger partial charge in [0.2, 0.25) is 0 Å². The molecule has 2 rings (SSSR count). The average molecular weight is 256 g/mol. The number of rotatable bonds is 3. The van der Waals surface area contributed by atoms with E-state index in [2.05, 4.69) is 5.32 Å². The number of para-hydroxylation sites is 1. The Morgan fingerprint density at radius 1 is 1.16 bits per heavy atom. The number of hydrogen-bond donors (Lipinski definition) is 1. The molecule has 19 heavy (non-hydrogen) atoms. The van der Waals surface area contributed by atoms with Crippen LogP contribution in [-0.4, -0.2) is 10.8 Å². The van der Waals surface area contributed by atoms with Gasteiger partial charge in [0.1, 0.15) is 0 Å². The monoisotopic (exact) mass is 256 g/mol. The molecule has 96 valence electrons. The highest BCUT2D eigenvalue weighted by Gasteiger charge is 2.14. The van der Waals surface area contributed by atoms with Crippen molar-refractivity contribution in [1.29, 1.82) is 0 Å². The Morgan fingerprint density at radius 3 is 2.47 bits per heavy atom. The van der Waals surface area contributed by atoms with E-state index in [4.69, 9.17) is 0 Å². The molecule has 0 heterocycles. The van der Waals surface area contributed by atoms with Crippen molar-refractivity contribution in [2.24, 2.45) is 0 Å². The second-order valence-electron chi connectivity index (χ2n) is 4.08. The molecule has 0 aromatic heterocycles. The van der Waals surface area contributed by atoms with Crippen LogP contribution in [0.4, 0.5) is 11.4 Å². The molecule has 0 aliphatic rings. The highest BCUT2D eigenvalue weighted by atomic mass is 16.6. The zero-order valence-corrected chi connectivity index (χ0v) is 10.3. The summed E-state index contributed by atoms with van der Waals surface area (Å²) in [6.45, 7) is 1.64. The van der Waals surface area contributed by atoms with Crippen LogP contribution in [0.1, 0.15) is 15.9 Å². The van der Waals surface area contributed by atoms with Crippen molar-refractivity contribution in [3.63, 3.8) is 0 Å². The first kappa shape index (κ1) is 12.8. The fourth-order valence-corrected chi connectivity index (χ4v) is 1.67. The topological polar surface area (TPSA) is 72.2 Å². The van der Waals surface area contributed by atoms with Gasteiger partial charge in [-0.2, -0.15) is 0 Å². The van der Waals surface area contributed by atoms with Gasteiger partial charge in [0, 0.05) is 22.9 Å². The molecule has 0 saturated heterocycles. The summed E-state index contributed by atoms with van der Waals surface area (Å²) in [5, 5.41) is 13.5. The summed E-state index contributed by atoms with van der Waals surface area (Å²) in [4.78, 5) is 22.3. The normalized spacial score (nSPS) is 9.95. The van der Waals surface area contributed by atoms with Gasteiger partial charge < -0.3 is 5.32 Å². The summed E-state index contributed by atoms with van der Waals surface area (Å²) in [7, 11) is 0. The Hall–Kier alpha value is -2.69. The van der Waals surface area contributed by atoms with Gasteiger partial charge in [-0.3, -0.25) is 14.9 Å². The van der Waals surface area contributed by atoms with Crippen molar-refractivity contribution in [3.05, 3.63) is 69.8 Å². The summed E-state index contributed by atoms with van der Waals surface area (Å²) in [5.74, 6) is -0.366. The first-order valence-electron chi connectivity index (χ1n) is 5.69. The van der Waals surface area contributed by atoms with E-state index in [1.54, 1.807) is 43.3 Å². The molecule has 5 heteroatoms. The summed E-state index contributed by atoms with van der Waals surface area (Å²) in [6.07, 6.45) is 0. The molecule has 0 unspecified atom stereocenters. The number of benzene rings is 2. The maximum Gasteiger partial charge on any atom is 0.273 e. The van der Waals surface area contributed by atoms with Crippen molar-refractivity contribution in [3.8, 4) is 0 Å². The van der Waals surface area contributed by atoms with Gasteiger partial charge in [0.25, 0.3) is 11.6 Å². The number of nitro groups is 1. The van der Waals surface area contributed by atoms with E-state index >= 15 is 0 Å². The van der Waals surface area contributed by atoms with Crippen molar-refractivity contribution in [2.75, 3.05) is 5.32 Å². The van der Waals surface area contributed by atoms with Crippen LogP contribution in [0.15, 0.2) is 48.5 Å². The Kier molecular flexibility index (Phi) is 3.56. The summed E-state index contributed by atoms with van der Waals surface area (Å²) >= 11 is 0. The Bertz CT molecular complexity index is 624. The maximum absolute atomic E-state index is 12.0. The van der Waals surface area contributed by atoms with Gasteiger partial charge in [-0.25, -0.2) is 0 Å². The van der Waals surface area contributed by atoms with Gasteiger partial charge in [-0.05, 0) is 25.1 Å². The number of carbonyl (C=O) groups excluding carboxylic acids is 1. The smallest absolute Gasteiger partial charge is 0.273 e. The van der Waals surface area contributed by atoms with E-state index in [9.17, 15) is 14.9 Å². The van der Waals surface area contributed by atoms with Crippen LogP contribution in [0.5, 0.6) is 0 Å². The molecule has 1 N–H and O–H groups in total. The quantitative estimate of drug-likeness (QED) is 0.677. The van der Waals surface area contributed by atoms with E-state index in [0.29, 0.717) is 11.3 Å². The Balaban J connectivity index is 2.25. The number of hydrogen-bond acceptors (Lipinski definition) is 3. The number of nitrogens with one attached hydrogen (secondary N) is 1. The van der Waals surface area contributed by atoms with Gasteiger partial charge in [-0.15, -0.1) is 0 Å². The molecule has 5 nitrogen and oxygen atoms in total. The number of anilines is 1. The molecule has 2 aromatic rings. The minimum Gasteiger partial charge on any atom is -0.322 e. The predicted octanol–water partition coefficient (Wildman–Crippen LogP) is 3.16. The first-order valence-corrected chi connectivity index (χ1v) is 5.69. The minimum absolute atomic E-state index is 0.0549. The Morgan fingerprint density at radius 2 is 1.84 bits per heavy atom. The molecule has 0 fully saturated rings. The van der Waals surface area contributed by atoms with E-state index in [0.717, 1.165) is 0 Å². The molecule has 2 aromatic carbocycles. The van der Waals surface area contributed by atoms with Crippen LogP contribution >= 0.6 is 0 Å². The third kappa shape index (κ3) is 2.95. The summed E-state index contributed by atoms with van der Waals surface area (Å²) in [6, 6.07) is 13.4. The lowest BCUT2D eigenvalue weighted by atomic mass is 10.1. The molecule has 0 radical (unpaired) electrons. The third-order valence-corrected chi connectivity index (χ3v) is 2.70. The van der Waals surface area contributed by atoms with E-state index < -0.39 is 4.92 Å². The summed E-state index contributed by atoms with van der Waals surface area (Å²) < 4.78 is 0. The van der Waals surface area contributed by atoms with Gasteiger partial charge in [0.05, 0.1) is 4.92 Å². The molecule has 0 aliphatic heterocycles. The van der Waals surface area contributed by atoms with Gasteiger partial charge >= 0.3 is 0 Å². The second kappa shape index (κ2) is 5.30. The number of aryl methyl sites for hydroxylation is 1. The standard InChI is InChI=1S/C14H12N2O3/c1-10-7-8-11(9-13(10)16(18)19)14(17)15-12-5-3-2-4-6-12/h2-9H,1H3,(H,15,17). The van der Waals surface area contributed by atoms with Crippen LogP contribution in [0.25, 0.3) is 0 Å².